The van der Waals surface area contributed by atoms with Gasteiger partial charge in [-0.3, -0.25) is 4.57 Å². The quantitative estimate of drug-likeness (QED) is 0.433. The first-order valence-corrected chi connectivity index (χ1v) is 13.8. The molecule has 0 saturated heterocycles. The second kappa shape index (κ2) is 10.1. The first-order chi connectivity index (χ1) is 15.1. The van der Waals surface area contributed by atoms with Crippen molar-refractivity contribution in [3.05, 3.63) is 82.9 Å². The Balaban J connectivity index is 1.78. The third-order valence-corrected chi connectivity index (χ3v) is 8.34. The second-order valence-electron chi connectivity index (χ2n) is 7.32. The smallest absolute Gasteiger partial charge is 0.277 e. The first kappa shape index (κ1) is 24.3. The van der Waals surface area contributed by atoms with Crippen LogP contribution in [0.2, 0.25) is 5.02 Å². The molecule has 32 heavy (non-hydrogen) atoms. The number of hydrogen-bond donors (Lipinski definition) is 1. The van der Waals surface area contributed by atoms with Gasteiger partial charge in [0.1, 0.15) is 11.5 Å². The number of rotatable bonds is 9. The van der Waals surface area contributed by atoms with Crippen molar-refractivity contribution >= 4 is 34.3 Å². The second-order valence-corrected chi connectivity index (χ2v) is 11.9. The van der Waals surface area contributed by atoms with Crippen LogP contribution in [0.5, 0.6) is 11.5 Å². The first-order valence-electron chi connectivity index (χ1n) is 9.88. The Bertz CT molecular complexity index is 1250. The molecule has 0 radical (unpaired) electrons. The van der Waals surface area contributed by atoms with Gasteiger partial charge in [-0.1, -0.05) is 41.4 Å². The Hall–Kier alpha value is -2.31. The van der Waals surface area contributed by atoms with Gasteiger partial charge in [0, 0.05) is 18.2 Å². The van der Waals surface area contributed by atoms with Crippen LogP contribution >= 0.6 is 19.0 Å². The van der Waals surface area contributed by atoms with E-state index in [1.165, 1.54) is 13.8 Å². The molecule has 170 valence electrons. The van der Waals surface area contributed by atoms with Crippen molar-refractivity contribution < 1.29 is 22.2 Å². The predicted molar refractivity (Wildman–Crippen MR) is 128 cm³/mol. The fraction of sp³-hybridized carbons (Fsp3) is 0.217. The van der Waals surface area contributed by atoms with Crippen molar-refractivity contribution in [2.45, 2.75) is 18.2 Å². The van der Waals surface area contributed by atoms with E-state index >= 15 is 0 Å². The number of nitrogens with one attached hydrogen (secondary N) is 1. The van der Waals surface area contributed by atoms with Gasteiger partial charge >= 0.3 is 0 Å². The number of sulfonamides is 1. The minimum Gasteiger partial charge on any atom is -0.496 e. The summed E-state index contributed by atoms with van der Waals surface area (Å²) in [6, 6.07) is 18.5. The molecular formula is C23H25ClNO5PS. The molecule has 0 aliphatic heterocycles. The van der Waals surface area contributed by atoms with Crippen LogP contribution in [-0.4, -0.2) is 28.7 Å². The molecule has 0 unspecified atom stereocenters. The van der Waals surface area contributed by atoms with E-state index in [9.17, 15) is 13.0 Å². The van der Waals surface area contributed by atoms with Gasteiger partial charge in [0.15, 0.2) is 0 Å². The highest BCUT2D eigenvalue weighted by molar-refractivity contribution is 7.89. The van der Waals surface area contributed by atoms with Gasteiger partial charge in [-0.15, -0.1) is 0 Å². The standard InChI is InChI=1S/C23H25ClNO5PS/c1-17-8-11-20(12-9-17)32(27,28)25-15-14-18-16-19(24)10-13-21(18)30-31(3,26)23-7-5-4-6-22(23)29-2/h4-13,16,25H,14-15H2,1-3H3/t31-/m1/s1. The zero-order chi connectivity index (χ0) is 23.4. The summed E-state index contributed by atoms with van der Waals surface area (Å²) in [5.41, 5.74) is 1.62. The third kappa shape index (κ3) is 5.93. The van der Waals surface area contributed by atoms with Crippen molar-refractivity contribution in [3.8, 4) is 11.5 Å². The van der Waals surface area contributed by atoms with Gasteiger partial charge in [0.2, 0.25) is 10.0 Å². The maximum Gasteiger partial charge on any atom is 0.277 e. The largest absolute Gasteiger partial charge is 0.496 e. The highest BCUT2D eigenvalue weighted by Crippen LogP contribution is 2.46. The van der Waals surface area contributed by atoms with E-state index in [1.807, 2.05) is 6.92 Å². The van der Waals surface area contributed by atoms with Gasteiger partial charge in [-0.05, 0) is 61.4 Å². The molecule has 0 fully saturated rings. The highest BCUT2D eigenvalue weighted by atomic mass is 35.5. The third-order valence-electron chi connectivity index (χ3n) is 4.84. The van der Waals surface area contributed by atoms with Crippen LogP contribution in [-0.2, 0) is 21.0 Å². The number of benzene rings is 3. The van der Waals surface area contributed by atoms with Crippen molar-refractivity contribution in [1.29, 1.82) is 0 Å². The van der Waals surface area contributed by atoms with Gasteiger partial charge in [0.05, 0.1) is 17.3 Å². The lowest BCUT2D eigenvalue weighted by molar-refractivity contribution is 0.416. The van der Waals surface area contributed by atoms with Crippen LogP contribution in [0.4, 0.5) is 0 Å². The zero-order valence-corrected chi connectivity index (χ0v) is 20.5. The minimum atomic E-state index is -3.65. The Morgan fingerprint density at radius 1 is 1.00 bits per heavy atom. The number of para-hydroxylation sites is 1. The van der Waals surface area contributed by atoms with Gasteiger partial charge in [-0.25, -0.2) is 13.1 Å². The molecule has 1 N–H and O–H groups in total. The summed E-state index contributed by atoms with van der Waals surface area (Å²) in [5, 5.41) is 0.931. The molecule has 0 spiro atoms. The van der Waals surface area contributed by atoms with Crippen molar-refractivity contribution in [3.63, 3.8) is 0 Å². The maximum absolute atomic E-state index is 13.4. The maximum atomic E-state index is 13.4. The molecule has 6 nitrogen and oxygen atoms in total. The monoisotopic (exact) mass is 493 g/mol. The fourth-order valence-electron chi connectivity index (χ4n) is 3.16. The van der Waals surface area contributed by atoms with Gasteiger partial charge in [-0.2, -0.15) is 0 Å². The summed E-state index contributed by atoms with van der Waals surface area (Å²) in [7, 11) is -5.43. The molecule has 3 aromatic rings. The van der Waals surface area contributed by atoms with Crippen LogP contribution in [0.3, 0.4) is 0 Å². The van der Waals surface area contributed by atoms with Crippen LogP contribution in [0.15, 0.2) is 71.6 Å². The number of halogens is 1. The number of aryl methyl sites for hydroxylation is 1. The minimum absolute atomic E-state index is 0.121. The summed E-state index contributed by atoms with van der Waals surface area (Å²) >= 11 is 6.15. The Morgan fingerprint density at radius 3 is 2.38 bits per heavy atom. The zero-order valence-electron chi connectivity index (χ0n) is 18.0. The lowest BCUT2D eigenvalue weighted by Gasteiger charge is -2.20. The number of methoxy groups -OCH3 is 1. The molecule has 9 heteroatoms. The molecule has 0 bridgehead atoms. The van der Waals surface area contributed by atoms with Crippen LogP contribution < -0.4 is 19.3 Å². The number of hydrogen-bond acceptors (Lipinski definition) is 5. The van der Waals surface area contributed by atoms with E-state index in [0.29, 0.717) is 33.8 Å². The van der Waals surface area contributed by atoms with Crippen LogP contribution in [0, 0.1) is 6.92 Å². The molecule has 0 aliphatic rings. The van der Waals surface area contributed by atoms with Crippen molar-refractivity contribution in [2.24, 2.45) is 0 Å². The molecule has 0 heterocycles. The molecular weight excluding hydrogens is 469 g/mol. The summed E-state index contributed by atoms with van der Waals surface area (Å²) in [5.74, 6) is 0.848. The fourth-order valence-corrected chi connectivity index (χ4v) is 5.96. The van der Waals surface area contributed by atoms with Gasteiger partial charge < -0.3 is 9.26 Å². The van der Waals surface area contributed by atoms with Crippen molar-refractivity contribution in [1.82, 2.24) is 4.72 Å². The Labute approximate surface area is 194 Å². The number of ether oxygens (including phenoxy) is 1. The summed E-state index contributed by atoms with van der Waals surface area (Å²) < 4.78 is 52.3. The Kier molecular flexibility index (Phi) is 7.67. The SMILES string of the molecule is COc1ccccc1[P@](C)(=O)Oc1ccc(Cl)cc1CCNS(=O)(=O)c1ccc(C)cc1. The average Bonchev–Trinajstić information content (AvgIpc) is 2.75. The molecule has 0 saturated carbocycles. The lowest BCUT2D eigenvalue weighted by atomic mass is 10.1. The van der Waals surface area contributed by atoms with E-state index in [4.69, 9.17) is 20.9 Å². The van der Waals surface area contributed by atoms with Crippen LogP contribution in [0.25, 0.3) is 0 Å². The summed E-state index contributed by atoms with van der Waals surface area (Å²) in [6.07, 6.45) is 0.299. The highest BCUT2D eigenvalue weighted by Gasteiger charge is 2.26. The summed E-state index contributed by atoms with van der Waals surface area (Å²) in [4.78, 5) is 0.194. The summed E-state index contributed by atoms with van der Waals surface area (Å²) in [6.45, 7) is 3.53. The lowest BCUT2D eigenvalue weighted by Crippen LogP contribution is -2.26. The molecule has 0 aliphatic carbocycles. The van der Waals surface area contributed by atoms with Crippen molar-refractivity contribution in [2.75, 3.05) is 20.3 Å². The normalized spacial score (nSPS) is 13.4. The van der Waals surface area contributed by atoms with E-state index in [-0.39, 0.29) is 11.4 Å². The van der Waals surface area contributed by atoms with E-state index < -0.39 is 17.4 Å². The van der Waals surface area contributed by atoms with Gasteiger partial charge in [0.25, 0.3) is 7.37 Å². The molecule has 3 rings (SSSR count). The molecule has 0 aromatic heterocycles. The molecule has 0 amide bonds. The van der Waals surface area contributed by atoms with E-state index in [1.54, 1.807) is 66.7 Å². The molecule has 1 atom stereocenters. The van der Waals surface area contributed by atoms with E-state index in [0.717, 1.165) is 5.56 Å². The van der Waals surface area contributed by atoms with E-state index in [2.05, 4.69) is 4.72 Å². The average molecular weight is 494 g/mol. The Morgan fingerprint density at radius 2 is 1.69 bits per heavy atom. The predicted octanol–water partition coefficient (Wildman–Crippen LogP) is 4.79. The topological polar surface area (TPSA) is 81.7 Å². The molecule has 3 aromatic carbocycles. The van der Waals surface area contributed by atoms with Crippen LogP contribution in [0.1, 0.15) is 11.1 Å².